The number of carbonyl (C=O) groups is 2. The maximum atomic E-state index is 13.8. The molecule has 3 aromatic heterocycles. The van der Waals surface area contributed by atoms with Gasteiger partial charge in [-0.2, -0.15) is 11.4 Å². The van der Waals surface area contributed by atoms with Crippen LogP contribution in [-0.2, 0) is 9.53 Å². The van der Waals surface area contributed by atoms with Crippen LogP contribution in [0.3, 0.4) is 0 Å². The normalized spacial score (nSPS) is 25.8. The van der Waals surface area contributed by atoms with Crippen LogP contribution in [0.1, 0.15) is 81.2 Å². The fourth-order valence-corrected chi connectivity index (χ4v) is 6.29. The van der Waals surface area contributed by atoms with E-state index in [1.807, 2.05) is 13.0 Å². The van der Waals surface area contributed by atoms with Crippen LogP contribution in [0.4, 0.5) is 0 Å². The van der Waals surface area contributed by atoms with Crippen molar-refractivity contribution < 1.29 is 14.3 Å². The number of hydrogen-bond acceptors (Lipinski definition) is 3. The third-order valence-electron chi connectivity index (χ3n) is 9.08. The van der Waals surface area contributed by atoms with Gasteiger partial charge in [-0.3, -0.25) is 9.59 Å². The van der Waals surface area contributed by atoms with Gasteiger partial charge in [0.2, 0.25) is 0 Å². The number of Topliss-reactive ketones (excluding diaryl/α,β-unsaturated/α-hetero) is 1. The number of rotatable bonds is 2. The summed E-state index contributed by atoms with van der Waals surface area (Å²) >= 11 is 0. The van der Waals surface area contributed by atoms with E-state index in [0.717, 1.165) is 67.7 Å². The summed E-state index contributed by atoms with van der Waals surface area (Å²) in [6.45, 7) is 14.4. The van der Waals surface area contributed by atoms with Crippen LogP contribution in [0.2, 0.25) is 0 Å². The molecule has 5 heterocycles. The van der Waals surface area contributed by atoms with E-state index in [9.17, 15) is 9.59 Å². The molecule has 0 N–H and O–H groups in total. The predicted molar refractivity (Wildman–Crippen MR) is 156 cm³/mol. The molecule has 8 bridgehead atoms. The summed E-state index contributed by atoms with van der Waals surface area (Å²) in [4.78, 5) is 41.7. The molecule has 2 aliphatic heterocycles. The number of methoxy groups -OCH3 is 1. The predicted octanol–water partition coefficient (Wildman–Crippen LogP) is 3.48. The number of ketones is 1. The average Bonchev–Trinajstić information content (AvgIpc) is 3.64. The Hall–Kier alpha value is -3.23. The van der Waals surface area contributed by atoms with Crippen molar-refractivity contribution in [3.05, 3.63) is 83.6 Å². The summed E-state index contributed by atoms with van der Waals surface area (Å²) in [6, 6.07) is 0. The molecular weight excluding hydrogens is 513 g/mol. The Labute approximate surface area is 250 Å². The van der Waals surface area contributed by atoms with Gasteiger partial charge in [0.05, 0.1) is 7.11 Å². The first-order valence-corrected chi connectivity index (χ1v) is 13.5. The molecule has 0 radical (unpaired) electrons. The molecule has 1 saturated heterocycles. The first kappa shape index (κ1) is 28.3. The van der Waals surface area contributed by atoms with E-state index < -0.39 is 11.9 Å². The van der Waals surface area contributed by atoms with Gasteiger partial charge in [0, 0.05) is 5.56 Å². The molecule has 3 aliphatic rings. The van der Waals surface area contributed by atoms with Crippen molar-refractivity contribution in [2.24, 2.45) is 17.8 Å². The molecule has 3 atom stereocenters. The standard InChI is InChI=1S/C32H33N4O3.Mg/c1-9-19-17(6)24-11-22-15(4)13(2)20(33-22)10-21-14(3)16(5)23(34-21)12-25-18(7)26-30(36-25)27(29(19)35-24)28(31(26)37)32(38)39-8;/h10-12,17,19,28H,9H2,1-8H3,(H-,35,36,37);/q-3;+2/p-1/b21-10-,23-12-,24-11-;/t17-,19-,28+;/m0./s1. The monoisotopic (exact) mass is 544 g/mol. The molecule has 1 aliphatic carbocycles. The number of fused-ring (bicyclic) bond motifs is 7. The number of allylic oxidation sites excluding steroid dienone is 2. The van der Waals surface area contributed by atoms with E-state index >= 15 is 0 Å². The van der Waals surface area contributed by atoms with Gasteiger partial charge in [0.1, 0.15) is 5.92 Å². The number of hydrogen-bond donors (Lipinski definition) is 0. The van der Waals surface area contributed by atoms with E-state index in [1.54, 1.807) is 0 Å². The van der Waals surface area contributed by atoms with Crippen molar-refractivity contribution in [2.45, 2.75) is 54.9 Å². The molecule has 3 aromatic rings. The van der Waals surface area contributed by atoms with Crippen LogP contribution in [0.25, 0.3) is 29.1 Å². The zero-order chi connectivity index (χ0) is 27.9. The van der Waals surface area contributed by atoms with E-state index in [-0.39, 0.29) is 40.7 Å². The summed E-state index contributed by atoms with van der Waals surface area (Å²) < 4.78 is 5.13. The van der Waals surface area contributed by atoms with E-state index in [2.05, 4.69) is 53.7 Å². The molecule has 0 saturated carbocycles. The van der Waals surface area contributed by atoms with Crippen molar-refractivity contribution >= 4 is 58.6 Å². The van der Waals surface area contributed by atoms with Gasteiger partial charge < -0.3 is 25.0 Å². The Morgan fingerprint density at radius 2 is 1.43 bits per heavy atom. The fraction of sp³-hybridized carbons (Fsp3) is 0.375. The molecule has 0 spiro atoms. The van der Waals surface area contributed by atoms with Crippen LogP contribution in [-0.4, -0.2) is 41.9 Å². The second-order valence-corrected chi connectivity index (χ2v) is 11.0. The van der Waals surface area contributed by atoms with Gasteiger partial charge in [-0.05, 0) is 46.5 Å². The van der Waals surface area contributed by atoms with Gasteiger partial charge >= 0.3 is 29.0 Å². The minimum atomic E-state index is -1.06. The molecular formula is C32H32MgN4O3-2. The van der Waals surface area contributed by atoms with Crippen LogP contribution >= 0.6 is 0 Å². The van der Waals surface area contributed by atoms with Gasteiger partial charge in [0.25, 0.3) is 0 Å². The van der Waals surface area contributed by atoms with Crippen molar-refractivity contribution in [2.75, 3.05) is 7.11 Å². The van der Waals surface area contributed by atoms with Crippen LogP contribution in [0.15, 0.2) is 11.4 Å². The first-order valence-electron chi connectivity index (χ1n) is 13.5. The Morgan fingerprint density at radius 3 is 2.00 bits per heavy atom. The smallest absolute Gasteiger partial charge is 0.664 e. The van der Waals surface area contributed by atoms with E-state index in [0.29, 0.717) is 22.5 Å². The summed E-state index contributed by atoms with van der Waals surface area (Å²) in [5, 5.41) is 6.80. The minimum absolute atomic E-state index is 0. The quantitative estimate of drug-likeness (QED) is 0.278. The van der Waals surface area contributed by atoms with E-state index in [4.69, 9.17) is 25.0 Å². The zero-order valence-electron chi connectivity index (χ0n) is 24.4. The number of ether oxygens (including phenoxy) is 1. The van der Waals surface area contributed by atoms with Crippen molar-refractivity contribution in [3.8, 4) is 0 Å². The van der Waals surface area contributed by atoms with Gasteiger partial charge in [-0.15, -0.1) is 33.5 Å². The number of nitrogens with zero attached hydrogens (tertiary/aromatic N) is 4. The second-order valence-electron chi connectivity index (χ2n) is 11.0. The molecule has 40 heavy (non-hydrogen) atoms. The van der Waals surface area contributed by atoms with E-state index in [1.165, 1.54) is 7.11 Å². The third-order valence-corrected chi connectivity index (χ3v) is 9.08. The number of carbonyl (C=O) groups excluding carboxylic acids is 2. The Bertz CT molecular complexity index is 1780. The molecule has 0 unspecified atom stereocenters. The molecule has 1 fully saturated rings. The molecule has 0 amide bonds. The summed E-state index contributed by atoms with van der Waals surface area (Å²) in [5.41, 5.74) is 10.8. The topological polar surface area (TPSA) is 99.8 Å². The van der Waals surface area contributed by atoms with Gasteiger partial charge in [0.15, 0.2) is 5.78 Å². The number of esters is 1. The van der Waals surface area contributed by atoms with Crippen molar-refractivity contribution in [3.63, 3.8) is 0 Å². The number of aromatic nitrogens is 3. The van der Waals surface area contributed by atoms with Crippen LogP contribution in [0.5, 0.6) is 0 Å². The fourth-order valence-electron chi connectivity index (χ4n) is 6.29. The largest absolute Gasteiger partial charge is 2.00 e. The molecule has 6 rings (SSSR count). The van der Waals surface area contributed by atoms with Crippen LogP contribution in [0, 0.1) is 52.4 Å². The van der Waals surface area contributed by atoms with Crippen molar-refractivity contribution in [1.29, 1.82) is 0 Å². The van der Waals surface area contributed by atoms with Crippen molar-refractivity contribution in [1.82, 2.24) is 15.0 Å². The Morgan fingerprint density at radius 1 is 0.850 bits per heavy atom. The molecule has 7 nitrogen and oxygen atoms in total. The third kappa shape index (κ3) is 3.90. The SMILES string of the molecule is CC[C@@H]1/C2=C3/c4[n-]c(c(C)c4C(=O)[C@@H]3C(=O)OC)/C=c3\[n-]/c(c(C)c3C)=C\c3[n-]c(c(C)c3C)/C=C(\[N-]2)[C@H]1C.[Mg+2]. The zero-order valence-corrected chi connectivity index (χ0v) is 25.8. The maximum absolute atomic E-state index is 13.8. The van der Waals surface area contributed by atoms with Gasteiger partial charge in [-0.1, -0.05) is 71.9 Å². The summed E-state index contributed by atoms with van der Waals surface area (Å²) in [5.74, 6) is -1.79. The first-order chi connectivity index (χ1) is 18.6. The summed E-state index contributed by atoms with van der Waals surface area (Å²) in [6.07, 6.45) is 6.86. The molecule has 8 heteroatoms. The molecule has 202 valence electrons. The second kappa shape index (κ2) is 9.99. The average molecular weight is 545 g/mol. The Balaban J connectivity index is 0.00000323. The van der Waals surface area contributed by atoms with Gasteiger partial charge in [-0.25, -0.2) is 0 Å². The maximum Gasteiger partial charge on any atom is 2.00 e. The summed E-state index contributed by atoms with van der Waals surface area (Å²) in [7, 11) is 1.32. The Kier molecular flexibility index (Phi) is 7.07. The molecule has 0 aromatic carbocycles. The van der Waals surface area contributed by atoms with Crippen LogP contribution < -0.4 is 25.7 Å². The minimum Gasteiger partial charge on any atom is -0.664 e.